The normalized spacial score (nSPS) is 16.3. The van der Waals surface area contributed by atoms with Gasteiger partial charge < -0.3 is 10.2 Å². The Balaban J connectivity index is 1.43. The van der Waals surface area contributed by atoms with Crippen LogP contribution in [0.5, 0.6) is 0 Å². The van der Waals surface area contributed by atoms with Crippen LogP contribution in [0.4, 0.5) is 5.69 Å². The predicted octanol–water partition coefficient (Wildman–Crippen LogP) is 3.92. The van der Waals surface area contributed by atoms with Crippen molar-refractivity contribution in [1.29, 1.82) is 0 Å². The number of nitrogens with zero attached hydrogens (tertiary/aromatic N) is 3. The number of nitrogens with one attached hydrogen (secondary N) is 2. The van der Waals surface area contributed by atoms with E-state index in [1.807, 2.05) is 31.2 Å². The molecule has 7 nitrogen and oxygen atoms in total. The largest absolute Gasteiger partial charge is 0.337 e. The molecule has 8 heteroatoms. The number of aromatic amines is 1. The molecule has 2 N–H and O–H groups in total. The van der Waals surface area contributed by atoms with E-state index in [2.05, 4.69) is 20.5 Å². The maximum Gasteiger partial charge on any atom is 0.271 e. The summed E-state index contributed by atoms with van der Waals surface area (Å²) in [6.07, 6.45) is 4.85. The van der Waals surface area contributed by atoms with Crippen molar-refractivity contribution < 1.29 is 9.59 Å². The summed E-state index contributed by atoms with van der Waals surface area (Å²) in [6, 6.07) is 10.9. The van der Waals surface area contributed by atoms with Crippen LogP contribution in [0.1, 0.15) is 28.9 Å². The lowest BCUT2D eigenvalue weighted by atomic mass is 9.96. The van der Waals surface area contributed by atoms with Crippen molar-refractivity contribution in [3.05, 3.63) is 65.1 Å². The van der Waals surface area contributed by atoms with Crippen molar-refractivity contribution in [1.82, 2.24) is 20.1 Å². The summed E-state index contributed by atoms with van der Waals surface area (Å²) in [5.41, 5.74) is 3.58. The molecule has 2 amide bonds. The Bertz CT molecular complexity index is 1070. The summed E-state index contributed by atoms with van der Waals surface area (Å²) in [7, 11) is 0. The average Bonchev–Trinajstić information content (AvgIpc) is 3.26. The van der Waals surface area contributed by atoms with Crippen LogP contribution >= 0.6 is 11.6 Å². The molecule has 30 heavy (non-hydrogen) atoms. The number of aryl methyl sites for hydroxylation is 1. The van der Waals surface area contributed by atoms with Crippen molar-refractivity contribution in [2.75, 3.05) is 18.4 Å². The van der Waals surface area contributed by atoms with E-state index in [0.29, 0.717) is 35.2 Å². The fraction of sp³-hybridized carbons (Fsp3) is 0.273. The van der Waals surface area contributed by atoms with Crippen LogP contribution in [0.3, 0.4) is 0 Å². The maximum atomic E-state index is 13.0. The van der Waals surface area contributed by atoms with Gasteiger partial charge in [-0.1, -0.05) is 17.7 Å². The third-order valence-electron chi connectivity index (χ3n) is 5.25. The minimum Gasteiger partial charge on any atom is -0.337 e. The first-order valence-electron chi connectivity index (χ1n) is 9.83. The quantitative estimate of drug-likeness (QED) is 0.665. The van der Waals surface area contributed by atoms with Gasteiger partial charge in [0.25, 0.3) is 5.91 Å². The zero-order valence-electron chi connectivity index (χ0n) is 16.6. The van der Waals surface area contributed by atoms with E-state index in [1.165, 1.54) is 0 Å². The van der Waals surface area contributed by atoms with Crippen molar-refractivity contribution in [2.24, 2.45) is 5.92 Å². The molecule has 0 radical (unpaired) electrons. The summed E-state index contributed by atoms with van der Waals surface area (Å²) in [5.74, 6) is -0.573. The van der Waals surface area contributed by atoms with E-state index in [-0.39, 0.29) is 17.7 Å². The third kappa shape index (κ3) is 4.36. The third-order valence-corrected chi connectivity index (χ3v) is 5.56. The molecule has 3 aromatic rings. The molecule has 154 valence electrons. The van der Waals surface area contributed by atoms with Gasteiger partial charge in [0.1, 0.15) is 5.69 Å². The van der Waals surface area contributed by atoms with Crippen LogP contribution < -0.4 is 5.32 Å². The number of carbonyl (C=O) groups excluding carboxylic acids is 2. The molecule has 0 saturated carbocycles. The van der Waals surface area contributed by atoms with Crippen LogP contribution in [0.15, 0.2) is 48.8 Å². The van der Waals surface area contributed by atoms with Gasteiger partial charge in [0, 0.05) is 31.0 Å². The Morgan fingerprint density at radius 2 is 2.00 bits per heavy atom. The average molecular weight is 424 g/mol. The number of H-pyrrole nitrogens is 1. The minimum absolute atomic E-state index is 0.125. The molecule has 1 aromatic carbocycles. The monoisotopic (exact) mass is 423 g/mol. The lowest BCUT2D eigenvalue weighted by molar-refractivity contribution is -0.121. The topological polar surface area (TPSA) is 91.0 Å². The van der Waals surface area contributed by atoms with E-state index in [1.54, 1.807) is 29.4 Å². The Morgan fingerprint density at radius 3 is 2.77 bits per heavy atom. The molecule has 1 aliphatic rings. The Morgan fingerprint density at radius 1 is 1.20 bits per heavy atom. The molecule has 1 fully saturated rings. The van der Waals surface area contributed by atoms with Crippen LogP contribution in [-0.4, -0.2) is 45.0 Å². The number of likely N-dealkylation sites (tertiary alicyclic amines) is 1. The van der Waals surface area contributed by atoms with Crippen LogP contribution in [0, 0.1) is 12.8 Å². The highest BCUT2D eigenvalue weighted by Crippen LogP contribution is 2.26. The number of hydrogen-bond acceptors (Lipinski definition) is 4. The first kappa shape index (κ1) is 20.1. The lowest BCUT2D eigenvalue weighted by Crippen LogP contribution is -2.43. The Labute approximate surface area is 179 Å². The van der Waals surface area contributed by atoms with Gasteiger partial charge in [-0.15, -0.1) is 0 Å². The summed E-state index contributed by atoms with van der Waals surface area (Å²) in [6.45, 7) is 2.91. The Hall–Kier alpha value is -3.19. The van der Waals surface area contributed by atoms with E-state index in [0.717, 1.165) is 24.0 Å². The van der Waals surface area contributed by atoms with E-state index < -0.39 is 0 Å². The molecule has 1 aliphatic heterocycles. The number of amides is 2. The number of carbonyl (C=O) groups is 2. The number of rotatable bonds is 4. The van der Waals surface area contributed by atoms with Gasteiger partial charge in [0.15, 0.2) is 0 Å². The van der Waals surface area contributed by atoms with E-state index in [4.69, 9.17) is 11.6 Å². The highest BCUT2D eigenvalue weighted by atomic mass is 35.5. The standard InChI is InChI=1S/C22H22ClN5O2/c1-14-4-5-18(17(23)11-14)25-21(29)16-3-2-10-28(13-16)22(30)20-12-19(26-27-20)15-6-8-24-9-7-15/h4-9,11-12,16H,2-3,10,13H2,1H3,(H,25,29)(H,26,27)/t16-/m0/s1. The summed E-state index contributed by atoms with van der Waals surface area (Å²) >= 11 is 6.23. The molecule has 2 aromatic heterocycles. The SMILES string of the molecule is Cc1ccc(NC(=O)[C@H]2CCCN(C(=O)c3cc(-c4ccncc4)n[nH]3)C2)c(Cl)c1. The predicted molar refractivity (Wildman–Crippen MR) is 115 cm³/mol. The second-order valence-corrected chi connectivity index (χ2v) is 7.87. The second-order valence-electron chi connectivity index (χ2n) is 7.47. The smallest absolute Gasteiger partial charge is 0.271 e. The second kappa shape index (κ2) is 8.67. The number of aromatic nitrogens is 3. The highest BCUT2D eigenvalue weighted by molar-refractivity contribution is 6.33. The van der Waals surface area contributed by atoms with Crippen LogP contribution in [-0.2, 0) is 4.79 Å². The maximum absolute atomic E-state index is 13.0. The molecular weight excluding hydrogens is 402 g/mol. The molecule has 0 spiro atoms. The minimum atomic E-state index is -0.289. The number of hydrogen-bond donors (Lipinski definition) is 2. The van der Waals surface area contributed by atoms with Gasteiger partial charge in [-0.05, 0) is 55.7 Å². The number of piperidine rings is 1. The van der Waals surface area contributed by atoms with Crippen molar-refractivity contribution in [2.45, 2.75) is 19.8 Å². The summed E-state index contributed by atoms with van der Waals surface area (Å²) in [4.78, 5) is 31.4. The molecule has 0 aliphatic carbocycles. The zero-order chi connectivity index (χ0) is 21.1. The first-order valence-corrected chi connectivity index (χ1v) is 10.2. The molecule has 3 heterocycles. The van der Waals surface area contributed by atoms with Gasteiger partial charge in [-0.2, -0.15) is 5.10 Å². The van der Waals surface area contributed by atoms with Gasteiger partial charge >= 0.3 is 0 Å². The molecular formula is C22H22ClN5O2. The molecule has 0 unspecified atom stereocenters. The molecule has 1 saturated heterocycles. The number of halogens is 1. The van der Waals surface area contributed by atoms with Gasteiger partial charge in [0.2, 0.25) is 5.91 Å². The van der Waals surface area contributed by atoms with E-state index in [9.17, 15) is 9.59 Å². The van der Waals surface area contributed by atoms with Crippen LogP contribution in [0.25, 0.3) is 11.3 Å². The van der Waals surface area contributed by atoms with E-state index >= 15 is 0 Å². The fourth-order valence-corrected chi connectivity index (χ4v) is 3.89. The van der Waals surface area contributed by atoms with Gasteiger partial charge in [-0.3, -0.25) is 19.7 Å². The molecule has 1 atom stereocenters. The van der Waals surface area contributed by atoms with Crippen molar-refractivity contribution >= 4 is 29.1 Å². The first-order chi connectivity index (χ1) is 14.5. The lowest BCUT2D eigenvalue weighted by Gasteiger charge is -2.31. The zero-order valence-corrected chi connectivity index (χ0v) is 17.3. The molecule has 0 bridgehead atoms. The van der Waals surface area contributed by atoms with Crippen LogP contribution in [0.2, 0.25) is 5.02 Å². The summed E-state index contributed by atoms with van der Waals surface area (Å²) in [5, 5.41) is 10.5. The Kier molecular flexibility index (Phi) is 5.81. The van der Waals surface area contributed by atoms with Crippen molar-refractivity contribution in [3.63, 3.8) is 0 Å². The summed E-state index contributed by atoms with van der Waals surface area (Å²) < 4.78 is 0. The fourth-order valence-electron chi connectivity index (χ4n) is 3.60. The molecule has 4 rings (SSSR count). The highest BCUT2D eigenvalue weighted by Gasteiger charge is 2.30. The van der Waals surface area contributed by atoms with Gasteiger partial charge in [-0.25, -0.2) is 0 Å². The van der Waals surface area contributed by atoms with Gasteiger partial charge in [0.05, 0.1) is 22.3 Å². The van der Waals surface area contributed by atoms with Crippen molar-refractivity contribution in [3.8, 4) is 11.3 Å². The number of anilines is 1. The number of benzene rings is 1. The number of pyridine rings is 1.